The molecule has 2 aromatic carbocycles. The Morgan fingerprint density at radius 3 is 2.57 bits per heavy atom. The first-order valence-corrected chi connectivity index (χ1v) is 12.9. The van der Waals surface area contributed by atoms with Crippen LogP contribution in [0.25, 0.3) is 11.3 Å². The topological polar surface area (TPSA) is 115 Å². The second kappa shape index (κ2) is 9.07. The highest BCUT2D eigenvalue weighted by atomic mass is 32.2. The smallest absolute Gasteiger partial charge is 0.240 e. The zero-order valence-electron chi connectivity index (χ0n) is 19.2. The van der Waals surface area contributed by atoms with Crippen molar-refractivity contribution in [3.63, 3.8) is 0 Å². The number of sulfonamides is 1. The minimum atomic E-state index is -3.71. The molecular weight excluding hydrogens is 468 g/mol. The first-order chi connectivity index (χ1) is 16.8. The number of hydrogen-bond donors (Lipinski definition) is 2. The molecule has 5 rings (SSSR count). The molecule has 2 aliphatic rings. The van der Waals surface area contributed by atoms with Gasteiger partial charge in [-0.1, -0.05) is 24.3 Å². The lowest BCUT2D eigenvalue weighted by Gasteiger charge is -2.15. The van der Waals surface area contributed by atoms with Crippen molar-refractivity contribution in [2.75, 3.05) is 13.3 Å². The number of hydrogen-bond acceptors (Lipinski definition) is 7. The fourth-order valence-electron chi connectivity index (χ4n) is 4.24. The molecule has 9 heteroatoms. The molecule has 0 amide bonds. The molecule has 0 unspecified atom stereocenters. The van der Waals surface area contributed by atoms with Crippen LogP contribution in [0.1, 0.15) is 35.3 Å². The number of nitrogens with zero attached hydrogens (tertiary/aromatic N) is 1. The van der Waals surface area contributed by atoms with Crippen LogP contribution >= 0.6 is 0 Å². The number of aliphatic hydroxyl groups excluding tert-OH is 1. The van der Waals surface area contributed by atoms with Gasteiger partial charge in [-0.3, -0.25) is 9.78 Å². The lowest BCUT2D eigenvalue weighted by Crippen LogP contribution is -2.30. The van der Waals surface area contributed by atoms with E-state index in [-0.39, 0.29) is 34.7 Å². The van der Waals surface area contributed by atoms with Gasteiger partial charge in [-0.05, 0) is 61.7 Å². The van der Waals surface area contributed by atoms with E-state index in [9.17, 15) is 18.3 Å². The number of carbonyl (C=O) groups excluding carboxylic acids is 1. The van der Waals surface area contributed by atoms with Crippen molar-refractivity contribution in [3.8, 4) is 22.8 Å². The van der Waals surface area contributed by atoms with Gasteiger partial charge in [0.1, 0.15) is 5.78 Å². The normalized spacial score (nSPS) is 16.6. The Morgan fingerprint density at radius 1 is 1.11 bits per heavy atom. The second-order valence-corrected chi connectivity index (χ2v) is 10.8. The molecule has 1 aromatic heterocycles. The second-order valence-electron chi connectivity index (χ2n) is 8.99. The molecule has 1 aliphatic heterocycles. The third-order valence-electron chi connectivity index (χ3n) is 6.39. The molecule has 0 saturated heterocycles. The zero-order chi connectivity index (χ0) is 24.6. The van der Waals surface area contributed by atoms with Gasteiger partial charge in [-0.15, -0.1) is 0 Å². The maximum absolute atomic E-state index is 13.3. The maximum atomic E-state index is 13.3. The highest BCUT2D eigenvalue weighted by Crippen LogP contribution is 2.51. The number of carbonyl (C=O) groups is 1. The Morgan fingerprint density at radius 2 is 1.86 bits per heavy atom. The maximum Gasteiger partial charge on any atom is 0.240 e. The Kier molecular flexibility index (Phi) is 6.08. The summed E-state index contributed by atoms with van der Waals surface area (Å²) in [6.07, 6.45) is 1.02. The average Bonchev–Trinajstić information content (AvgIpc) is 3.54. The summed E-state index contributed by atoms with van der Waals surface area (Å²) in [6, 6.07) is 17.6. The third-order valence-corrected chi connectivity index (χ3v) is 7.83. The fourth-order valence-corrected chi connectivity index (χ4v) is 5.36. The fraction of sp³-hybridized carbons (Fsp3) is 0.308. The van der Waals surface area contributed by atoms with Gasteiger partial charge in [-0.25, -0.2) is 13.1 Å². The van der Waals surface area contributed by atoms with E-state index >= 15 is 0 Å². The van der Waals surface area contributed by atoms with Crippen LogP contribution in [0.15, 0.2) is 65.6 Å². The predicted molar refractivity (Wildman–Crippen MR) is 135 cm³/mol. The number of nitrogens with one attached hydrogen (secondary N) is 1. The minimum Gasteiger partial charge on any atom is -0.454 e. The molecule has 0 radical (unpaired) electrons. The van der Waals surface area contributed by atoms with Gasteiger partial charge < -0.3 is 14.6 Å². The summed E-state index contributed by atoms with van der Waals surface area (Å²) in [7, 11) is -3.71. The van der Waals surface area contributed by atoms with Gasteiger partial charge in [0.15, 0.2) is 11.5 Å². The Balaban J connectivity index is 0.00000169. The van der Waals surface area contributed by atoms with Gasteiger partial charge in [0.05, 0.1) is 22.1 Å². The molecule has 1 saturated carbocycles. The lowest BCUT2D eigenvalue weighted by atomic mass is 9.88. The molecule has 35 heavy (non-hydrogen) atoms. The molecule has 0 spiro atoms. The van der Waals surface area contributed by atoms with Crippen molar-refractivity contribution >= 4 is 15.8 Å². The number of fused-ring (bicyclic) bond motifs is 1. The number of ether oxygens (including phenoxy) is 2. The van der Waals surface area contributed by atoms with Gasteiger partial charge in [0, 0.05) is 28.5 Å². The SMILES string of the molecule is C[C@@H](O)CNS(=O)(=O)c1ccc(-c2cccc(CC(=O)C3(c4ccc5c(c4)OCO5)CC3)n2)cc1.[HH].[HH].[HH]. The van der Waals surface area contributed by atoms with Crippen molar-refractivity contribution in [1.29, 1.82) is 0 Å². The average molecular weight is 501 g/mol. The molecule has 8 nitrogen and oxygen atoms in total. The quantitative estimate of drug-likeness (QED) is 0.460. The van der Waals surface area contributed by atoms with E-state index in [1.165, 1.54) is 19.1 Å². The minimum absolute atomic E-state index is 0. The number of benzene rings is 2. The number of aliphatic hydroxyl groups is 1. The summed E-state index contributed by atoms with van der Waals surface area (Å²) in [6.45, 7) is 1.65. The van der Waals surface area contributed by atoms with Crippen LogP contribution in [0.3, 0.4) is 0 Å². The monoisotopic (exact) mass is 500 g/mol. The van der Waals surface area contributed by atoms with E-state index in [0.717, 1.165) is 24.0 Å². The van der Waals surface area contributed by atoms with Crippen LogP contribution in [-0.4, -0.2) is 43.7 Å². The highest BCUT2D eigenvalue weighted by molar-refractivity contribution is 7.89. The Hall–Kier alpha value is -3.27. The van der Waals surface area contributed by atoms with Crippen LogP contribution in [-0.2, 0) is 26.7 Å². The number of rotatable bonds is 9. The van der Waals surface area contributed by atoms with Crippen molar-refractivity contribution in [2.24, 2.45) is 0 Å². The van der Waals surface area contributed by atoms with Crippen LogP contribution < -0.4 is 14.2 Å². The van der Waals surface area contributed by atoms with E-state index in [4.69, 9.17) is 9.47 Å². The molecule has 188 valence electrons. The number of pyridine rings is 1. The molecule has 1 aliphatic carbocycles. The summed E-state index contributed by atoms with van der Waals surface area (Å²) in [5.41, 5.74) is 2.50. The summed E-state index contributed by atoms with van der Waals surface area (Å²) >= 11 is 0. The van der Waals surface area contributed by atoms with Crippen molar-refractivity contribution < 1.29 is 32.1 Å². The van der Waals surface area contributed by atoms with E-state index in [2.05, 4.69) is 9.71 Å². The molecule has 2 N–H and O–H groups in total. The van der Waals surface area contributed by atoms with Crippen LogP contribution in [0.5, 0.6) is 11.5 Å². The summed E-state index contributed by atoms with van der Waals surface area (Å²) < 4.78 is 37.9. The van der Waals surface area contributed by atoms with E-state index < -0.39 is 21.5 Å². The third kappa shape index (κ3) is 4.80. The van der Waals surface area contributed by atoms with E-state index in [1.54, 1.807) is 12.1 Å². The van der Waals surface area contributed by atoms with Gasteiger partial charge in [-0.2, -0.15) is 0 Å². The molecule has 2 heterocycles. The highest BCUT2D eigenvalue weighted by Gasteiger charge is 2.51. The predicted octanol–water partition coefficient (Wildman–Crippen LogP) is 3.72. The Labute approximate surface area is 208 Å². The van der Waals surface area contributed by atoms with Crippen LogP contribution in [0.2, 0.25) is 0 Å². The van der Waals surface area contributed by atoms with E-state index in [1.807, 2.05) is 36.4 Å². The number of aromatic nitrogens is 1. The molecule has 1 fully saturated rings. The zero-order valence-corrected chi connectivity index (χ0v) is 20.0. The van der Waals surface area contributed by atoms with Gasteiger partial charge >= 0.3 is 0 Å². The molecular formula is C26H32N2O6S. The largest absolute Gasteiger partial charge is 0.454 e. The molecule has 0 bridgehead atoms. The van der Waals surface area contributed by atoms with Crippen molar-refractivity contribution in [1.82, 2.24) is 9.71 Å². The lowest BCUT2D eigenvalue weighted by molar-refractivity contribution is -0.120. The van der Waals surface area contributed by atoms with Gasteiger partial charge in [0.2, 0.25) is 16.8 Å². The number of ketones is 1. The summed E-state index contributed by atoms with van der Waals surface area (Å²) in [5, 5.41) is 9.33. The summed E-state index contributed by atoms with van der Waals surface area (Å²) in [5.74, 6) is 1.49. The Bertz CT molecular complexity index is 1380. The first kappa shape index (κ1) is 23.5. The van der Waals surface area contributed by atoms with Gasteiger partial charge in [0.25, 0.3) is 0 Å². The van der Waals surface area contributed by atoms with Crippen molar-refractivity contribution in [2.45, 2.75) is 42.6 Å². The van der Waals surface area contributed by atoms with E-state index in [0.29, 0.717) is 22.9 Å². The van der Waals surface area contributed by atoms with Crippen LogP contribution in [0, 0.1) is 0 Å². The summed E-state index contributed by atoms with van der Waals surface area (Å²) in [4.78, 5) is 18.1. The standard InChI is InChI=1S/C26H26N2O6S.3H2/c1-17(29)15-27-35(31,32)21-8-5-18(6-9-21)22-4-2-3-20(28-22)14-25(30)26(11-12-26)19-7-10-23-24(13-19)34-16-33-23;;;/h2-10,13,17,27,29H,11-12,14-16H2,1H3;3*1H/t17-;;;/m1.../s1. The number of Topliss-reactive ketones (excluding diaryl/α,β-unsaturated/α-hetero) is 1. The van der Waals surface area contributed by atoms with Crippen LogP contribution in [0.4, 0.5) is 0 Å². The molecule has 3 aromatic rings. The van der Waals surface area contributed by atoms with Crippen molar-refractivity contribution in [3.05, 3.63) is 71.9 Å². The molecule has 1 atom stereocenters. The first-order valence-electron chi connectivity index (χ1n) is 11.4.